The number of carbonyl (C=O) groups excluding carboxylic acids is 2. The number of rotatable bonds is 11. The zero-order chi connectivity index (χ0) is 28.7. The molecule has 208 valence electrons. The van der Waals surface area contributed by atoms with E-state index in [1.807, 2.05) is 20.8 Å². The summed E-state index contributed by atoms with van der Waals surface area (Å²) in [6.07, 6.45) is 0.714. The van der Waals surface area contributed by atoms with Gasteiger partial charge in [0.1, 0.15) is 12.6 Å². The van der Waals surface area contributed by atoms with Gasteiger partial charge in [-0.05, 0) is 63.1 Å². The molecule has 0 saturated carbocycles. The molecule has 0 aliphatic carbocycles. The van der Waals surface area contributed by atoms with Gasteiger partial charge in [0.25, 0.3) is 10.0 Å². The molecule has 10 heteroatoms. The summed E-state index contributed by atoms with van der Waals surface area (Å²) in [5.41, 5.74) is 1.67. The van der Waals surface area contributed by atoms with E-state index < -0.39 is 28.5 Å². The first-order valence-corrected chi connectivity index (χ1v) is 14.8. The predicted molar refractivity (Wildman–Crippen MR) is 157 cm³/mol. The quantitative estimate of drug-likeness (QED) is 0.305. The number of hydrogen-bond acceptors (Lipinski definition) is 4. The number of nitrogens with one attached hydrogen (secondary N) is 1. The molecule has 2 amide bonds. The average molecular weight is 591 g/mol. The van der Waals surface area contributed by atoms with E-state index >= 15 is 0 Å². The summed E-state index contributed by atoms with van der Waals surface area (Å²) in [5, 5.41) is 3.50. The van der Waals surface area contributed by atoms with Crippen LogP contribution in [0.3, 0.4) is 0 Å². The smallest absolute Gasteiger partial charge is 0.264 e. The van der Waals surface area contributed by atoms with Crippen molar-refractivity contribution in [2.75, 3.05) is 10.8 Å². The van der Waals surface area contributed by atoms with Crippen molar-refractivity contribution >= 4 is 50.7 Å². The topological polar surface area (TPSA) is 86.8 Å². The second kappa shape index (κ2) is 13.3. The Hall–Kier alpha value is -3.07. The van der Waals surface area contributed by atoms with Gasteiger partial charge in [0.2, 0.25) is 11.8 Å². The van der Waals surface area contributed by atoms with Crippen LogP contribution >= 0.6 is 23.2 Å². The monoisotopic (exact) mass is 589 g/mol. The number of benzene rings is 3. The third kappa shape index (κ3) is 7.53. The summed E-state index contributed by atoms with van der Waals surface area (Å²) in [5.74, 6) is -0.937. The molecule has 7 nitrogen and oxygen atoms in total. The molecular weight excluding hydrogens is 557 g/mol. The van der Waals surface area contributed by atoms with E-state index in [1.165, 1.54) is 17.0 Å². The summed E-state index contributed by atoms with van der Waals surface area (Å²) in [7, 11) is -4.20. The highest BCUT2D eigenvalue weighted by atomic mass is 35.5. The molecule has 2 atom stereocenters. The lowest BCUT2D eigenvalue weighted by molar-refractivity contribution is -0.139. The SMILES string of the molecule is CC[C@H](C)NC(=O)[C@H](C)N(Cc1ccccc1Cl)C(=O)CN(c1ccccc1Cl)S(=O)(=O)c1ccc(C)cc1. The maximum Gasteiger partial charge on any atom is 0.264 e. The number of nitrogens with zero attached hydrogens (tertiary/aromatic N) is 2. The van der Waals surface area contributed by atoms with Crippen LogP contribution in [0, 0.1) is 6.92 Å². The van der Waals surface area contributed by atoms with E-state index in [0.29, 0.717) is 17.0 Å². The van der Waals surface area contributed by atoms with Crippen molar-refractivity contribution in [2.24, 2.45) is 0 Å². The van der Waals surface area contributed by atoms with Crippen LogP contribution in [-0.2, 0) is 26.2 Å². The lowest BCUT2D eigenvalue weighted by Gasteiger charge is -2.32. The number of para-hydroxylation sites is 1. The van der Waals surface area contributed by atoms with E-state index in [9.17, 15) is 18.0 Å². The highest BCUT2D eigenvalue weighted by molar-refractivity contribution is 7.92. The van der Waals surface area contributed by atoms with E-state index in [4.69, 9.17) is 23.2 Å². The van der Waals surface area contributed by atoms with E-state index in [0.717, 1.165) is 9.87 Å². The van der Waals surface area contributed by atoms with Crippen molar-refractivity contribution in [3.63, 3.8) is 0 Å². The summed E-state index contributed by atoms with van der Waals surface area (Å²) < 4.78 is 28.7. The van der Waals surface area contributed by atoms with Gasteiger partial charge in [-0.3, -0.25) is 13.9 Å². The zero-order valence-corrected chi connectivity index (χ0v) is 24.7. The van der Waals surface area contributed by atoms with Crippen LogP contribution in [-0.4, -0.2) is 43.8 Å². The molecule has 39 heavy (non-hydrogen) atoms. The third-order valence-corrected chi connectivity index (χ3v) is 8.94. The molecule has 3 aromatic carbocycles. The minimum absolute atomic E-state index is 0.00847. The molecule has 0 bridgehead atoms. The Kier molecular flexibility index (Phi) is 10.4. The van der Waals surface area contributed by atoms with Gasteiger partial charge >= 0.3 is 0 Å². The second-order valence-electron chi connectivity index (χ2n) is 9.38. The molecule has 0 radical (unpaired) electrons. The van der Waals surface area contributed by atoms with Gasteiger partial charge in [0, 0.05) is 17.6 Å². The standard InChI is InChI=1S/C29H33Cl2N3O4S/c1-5-21(3)32-29(36)22(4)33(18-23-10-6-7-11-25(23)30)28(35)19-34(27-13-9-8-12-26(27)31)39(37,38)24-16-14-20(2)15-17-24/h6-17,21-22H,5,18-19H2,1-4H3,(H,32,36)/t21-,22-/m0/s1. The van der Waals surface area contributed by atoms with Gasteiger partial charge in [-0.25, -0.2) is 8.42 Å². The molecule has 0 heterocycles. The normalized spacial score (nSPS) is 12.9. The van der Waals surface area contributed by atoms with Gasteiger partial charge in [-0.15, -0.1) is 0 Å². The van der Waals surface area contributed by atoms with E-state index in [-0.39, 0.29) is 34.1 Å². The van der Waals surface area contributed by atoms with Crippen LogP contribution in [0.15, 0.2) is 77.7 Å². The lowest BCUT2D eigenvalue weighted by Crippen LogP contribution is -2.52. The fourth-order valence-electron chi connectivity index (χ4n) is 3.86. The number of anilines is 1. The Labute approximate surface area is 240 Å². The molecule has 3 rings (SSSR count). The van der Waals surface area contributed by atoms with Gasteiger partial charge in [-0.2, -0.15) is 0 Å². The molecule has 1 N–H and O–H groups in total. The van der Waals surface area contributed by atoms with Crippen LogP contribution in [0.5, 0.6) is 0 Å². The van der Waals surface area contributed by atoms with Crippen molar-refractivity contribution in [1.29, 1.82) is 0 Å². The minimum Gasteiger partial charge on any atom is -0.352 e. The van der Waals surface area contributed by atoms with Crippen molar-refractivity contribution < 1.29 is 18.0 Å². The number of amides is 2. The van der Waals surface area contributed by atoms with Crippen molar-refractivity contribution in [3.8, 4) is 0 Å². The zero-order valence-electron chi connectivity index (χ0n) is 22.4. The van der Waals surface area contributed by atoms with Crippen LogP contribution in [0.25, 0.3) is 0 Å². The van der Waals surface area contributed by atoms with Gasteiger partial charge < -0.3 is 10.2 Å². The summed E-state index contributed by atoms with van der Waals surface area (Å²) >= 11 is 12.8. The maximum atomic E-state index is 13.9. The second-order valence-corrected chi connectivity index (χ2v) is 12.1. The highest BCUT2D eigenvalue weighted by Crippen LogP contribution is 2.31. The van der Waals surface area contributed by atoms with E-state index in [2.05, 4.69) is 5.32 Å². The predicted octanol–water partition coefficient (Wildman–Crippen LogP) is 5.83. The highest BCUT2D eigenvalue weighted by Gasteiger charge is 2.33. The number of aryl methyl sites for hydroxylation is 1. The summed E-state index contributed by atoms with van der Waals surface area (Å²) in [4.78, 5) is 28.4. The number of hydrogen-bond donors (Lipinski definition) is 1. The minimum atomic E-state index is -4.20. The lowest BCUT2D eigenvalue weighted by atomic mass is 10.1. The molecule has 0 aromatic heterocycles. The fourth-order valence-corrected chi connectivity index (χ4v) is 5.78. The molecule has 0 saturated heterocycles. The van der Waals surface area contributed by atoms with Crippen LogP contribution in [0.1, 0.15) is 38.3 Å². The molecular formula is C29H33Cl2N3O4S. The molecule has 0 aliphatic rings. The first-order valence-electron chi connectivity index (χ1n) is 12.6. The number of carbonyl (C=O) groups is 2. The fraction of sp³-hybridized carbons (Fsp3) is 0.310. The maximum absolute atomic E-state index is 13.9. The summed E-state index contributed by atoms with van der Waals surface area (Å²) in [6.45, 7) is 6.71. The Bertz CT molecular complexity index is 1410. The van der Waals surface area contributed by atoms with Gasteiger partial charge in [0.15, 0.2) is 0 Å². The van der Waals surface area contributed by atoms with Crippen LogP contribution in [0.4, 0.5) is 5.69 Å². The Morgan fingerprint density at radius 2 is 1.49 bits per heavy atom. The molecule has 0 aliphatic heterocycles. The Balaban J connectivity index is 2.05. The molecule has 0 unspecified atom stereocenters. The molecule has 0 fully saturated rings. The van der Waals surface area contributed by atoms with Crippen LogP contribution in [0.2, 0.25) is 10.0 Å². The van der Waals surface area contributed by atoms with Gasteiger partial charge in [-0.1, -0.05) is 78.2 Å². The molecule has 0 spiro atoms. The summed E-state index contributed by atoms with van der Waals surface area (Å²) in [6, 6.07) is 18.8. The average Bonchev–Trinajstić information content (AvgIpc) is 2.91. The Morgan fingerprint density at radius 1 is 0.897 bits per heavy atom. The number of halogens is 2. The van der Waals surface area contributed by atoms with Gasteiger partial charge in [0.05, 0.1) is 15.6 Å². The first kappa shape index (κ1) is 30.5. The van der Waals surface area contributed by atoms with Crippen LogP contribution < -0.4 is 9.62 Å². The largest absolute Gasteiger partial charge is 0.352 e. The van der Waals surface area contributed by atoms with Crippen molar-refractivity contribution in [1.82, 2.24) is 10.2 Å². The third-order valence-electron chi connectivity index (χ3n) is 6.48. The van der Waals surface area contributed by atoms with Crippen molar-refractivity contribution in [3.05, 3.63) is 94.0 Å². The Morgan fingerprint density at radius 3 is 2.08 bits per heavy atom. The van der Waals surface area contributed by atoms with Crippen molar-refractivity contribution in [2.45, 2.75) is 57.6 Å². The molecule has 3 aromatic rings. The van der Waals surface area contributed by atoms with E-state index in [1.54, 1.807) is 67.6 Å². The first-order chi connectivity index (χ1) is 18.4. The number of sulfonamides is 1.